The summed E-state index contributed by atoms with van der Waals surface area (Å²) in [7, 11) is 2.94. The molecule has 1 N–H and O–H groups in total. The largest absolute Gasteiger partial charge is 0.493 e. The molecule has 0 saturated carbocycles. The topological polar surface area (TPSA) is 139 Å². The SMILES string of the molecule is COc1ccc(C(=O)Oc2ccc(Br)cc2/C=N\NC(=O)[C@@H](C)Oc2ccccc2[N+](=O)[O-])cc1OC. The van der Waals surface area contributed by atoms with Crippen LogP contribution in [0, 0.1) is 10.1 Å². The van der Waals surface area contributed by atoms with Gasteiger partial charge in [0.25, 0.3) is 5.91 Å². The third-order valence-corrected chi connectivity index (χ3v) is 5.40. The number of para-hydroxylation sites is 2. The standard InChI is InChI=1S/C25H22BrN3O8/c1-15(36-21-7-5-4-6-19(21)29(32)33)24(30)28-27-14-17-12-18(26)9-11-20(17)37-25(31)16-8-10-22(34-2)23(13-16)35-3/h4-15H,1-3H3,(H,28,30)/b27-14-/t15-/m1/s1. The zero-order valence-electron chi connectivity index (χ0n) is 20.0. The van der Waals surface area contributed by atoms with Crippen molar-refractivity contribution in [1.82, 2.24) is 5.43 Å². The fraction of sp³-hybridized carbons (Fsp3) is 0.160. The lowest BCUT2D eigenvalue weighted by molar-refractivity contribution is -0.386. The van der Waals surface area contributed by atoms with Gasteiger partial charge < -0.3 is 18.9 Å². The van der Waals surface area contributed by atoms with Crippen LogP contribution in [0.15, 0.2) is 70.2 Å². The Morgan fingerprint density at radius 1 is 1.00 bits per heavy atom. The van der Waals surface area contributed by atoms with Crippen molar-refractivity contribution in [3.63, 3.8) is 0 Å². The van der Waals surface area contributed by atoms with Crippen LogP contribution in [0.5, 0.6) is 23.0 Å². The van der Waals surface area contributed by atoms with E-state index in [2.05, 4.69) is 26.5 Å². The Labute approximate surface area is 220 Å². The van der Waals surface area contributed by atoms with Gasteiger partial charge in [-0.25, -0.2) is 10.2 Å². The zero-order valence-corrected chi connectivity index (χ0v) is 21.6. The maximum absolute atomic E-state index is 12.7. The number of ether oxygens (including phenoxy) is 4. The molecule has 0 unspecified atom stereocenters. The number of carbonyl (C=O) groups excluding carboxylic acids is 2. The molecule has 0 aliphatic heterocycles. The summed E-state index contributed by atoms with van der Waals surface area (Å²) in [6, 6.07) is 15.2. The molecule has 3 aromatic carbocycles. The molecule has 11 nitrogen and oxygen atoms in total. The molecule has 0 aliphatic rings. The fourth-order valence-corrected chi connectivity index (χ4v) is 3.42. The number of methoxy groups -OCH3 is 2. The van der Waals surface area contributed by atoms with Gasteiger partial charge in [-0.3, -0.25) is 14.9 Å². The van der Waals surface area contributed by atoms with E-state index in [0.717, 1.165) is 0 Å². The second-order valence-electron chi connectivity index (χ2n) is 7.36. The number of nitro groups is 1. The van der Waals surface area contributed by atoms with Gasteiger partial charge in [0.2, 0.25) is 0 Å². The van der Waals surface area contributed by atoms with Crippen molar-refractivity contribution >= 4 is 39.7 Å². The van der Waals surface area contributed by atoms with Crippen LogP contribution in [-0.2, 0) is 4.79 Å². The lowest BCUT2D eigenvalue weighted by Crippen LogP contribution is -2.33. The maximum Gasteiger partial charge on any atom is 0.343 e. The summed E-state index contributed by atoms with van der Waals surface area (Å²) >= 11 is 3.35. The number of hydrogen-bond donors (Lipinski definition) is 1. The lowest BCUT2D eigenvalue weighted by atomic mass is 10.2. The second-order valence-corrected chi connectivity index (χ2v) is 8.28. The summed E-state index contributed by atoms with van der Waals surface area (Å²) in [5, 5.41) is 15.0. The average molecular weight is 572 g/mol. The molecule has 37 heavy (non-hydrogen) atoms. The summed E-state index contributed by atoms with van der Waals surface area (Å²) in [5.74, 6) is -0.317. The molecule has 3 rings (SSSR count). The third kappa shape index (κ3) is 7.04. The Bertz CT molecular complexity index is 1350. The number of benzene rings is 3. The van der Waals surface area contributed by atoms with Crippen molar-refractivity contribution in [3.05, 3.63) is 86.4 Å². The van der Waals surface area contributed by atoms with Crippen LogP contribution in [0.4, 0.5) is 5.69 Å². The number of nitrogens with zero attached hydrogens (tertiary/aromatic N) is 2. The molecule has 0 aromatic heterocycles. The van der Waals surface area contributed by atoms with E-state index in [9.17, 15) is 19.7 Å². The molecule has 3 aromatic rings. The number of esters is 1. The van der Waals surface area contributed by atoms with E-state index in [1.165, 1.54) is 57.7 Å². The normalized spacial score (nSPS) is 11.5. The molecule has 192 valence electrons. The van der Waals surface area contributed by atoms with E-state index in [4.69, 9.17) is 18.9 Å². The summed E-state index contributed by atoms with van der Waals surface area (Å²) in [5.41, 5.74) is 2.66. The number of nitro benzene ring substituents is 1. The predicted octanol–water partition coefficient (Wildman–Crippen LogP) is 4.51. The lowest BCUT2D eigenvalue weighted by Gasteiger charge is -2.13. The van der Waals surface area contributed by atoms with Crippen molar-refractivity contribution in [2.45, 2.75) is 13.0 Å². The van der Waals surface area contributed by atoms with Gasteiger partial charge in [0.15, 0.2) is 23.4 Å². The number of nitrogens with one attached hydrogen (secondary N) is 1. The smallest absolute Gasteiger partial charge is 0.343 e. The number of carbonyl (C=O) groups is 2. The van der Waals surface area contributed by atoms with Gasteiger partial charge in [-0.1, -0.05) is 28.1 Å². The number of hydrazone groups is 1. The second kappa shape index (κ2) is 12.5. The van der Waals surface area contributed by atoms with Crippen LogP contribution < -0.4 is 24.4 Å². The zero-order chi connectivity index (χ0) is 26.9. The average Bonchev–Trinajstić information content (AvgIpc) is 2.89. The summed E-state index contributed by atoms with van der Waals surface area (Å²) in [6.45, 7) is 1.43. The molecular weight excluding hydrogens is 550 g/mol. The van der Waals surface area contributed by atoms with Gasteiger partial charge >= 0.3 is 11.7 Å². The number of halogens is 1. The van der Waals surface area contributed by atoms with Gasteiger partial charge in [-0.15, -0.1) is 0 Å². The highest BCUT2D eigenvalue weighted by atomic mass is 79.9. The summed E-state index contributed by atoms with van der Waals surface area (Å²) in [4.78, 5) is 35.7. The van der Waals surface area contributed by atoms with Crippen LogP contribution in [-0.4, -0.2) is 43.3 Å². The van der Waals surface area contributed by atoms with Crippen molar-refractivity contribution in [2.24, 2.45) is 5.10 Å². The van der Waals surface area contributed by atoms with E-state index in [1.54, 1.807) is 30.3 Å². The summed E-state index contributed by atoms with van der Waals surface area (Å²) in [6.07, 6.45) is 0.209. The van der Waals surface area contributed by atoms with Gasteiger partial charge in [0, 0.05) is 16.1 Å². The van der Waals surface area contributed by atoms with Crippen LogP contribution in [0.3, 0.4) is 0 Å². The Balaban J connectivity index is 1.70. The van der Waals surface area contributed by atoms with E-state index >= 15 is 0 Å². The minimum atomic E-state index is -1.08. The Kier molecular flexibility index (Phi) is 9.16. The van der Waals surface area contributed by atoms with Gasteiger partial charge in [0.05, 0.1) is 30.9 Å². The monoisotopic (exact) mass is 571 g/mol. The predicted molar refractivity (Wildman–Crippen MR) is 138 cm³/mol. The van der Waals surface area contributed by atoms with Crippen molar-refractivity contribution < 1.29 is 33.5 Å². The molecule has 0 heterocycles. The Hall–Kier alpha value is -4.45. The first kappa shape index (κ1) is 27.1. The molecule has 0 fully saturated rings. The van der Waals surface area contributed by atoms with Gasteiger partial charge in [0.1, 0.15) is 5.75 Å². The molecular formula is C25H22BrN3O8. The molecule has 0 spiro atoms. The molecule has 1 atom stereocenters. The van der Waals surface area contributed by atoms with Gasteiger partial charge in [-0.05, 0) is 49.4 Å². The first-order valence-electron chi connectivity index (χ1n) is 10.7. The number of amides is 1. The van der Waals surface area contributed by atoms with Crippen molar-refractivity contribution in [3.8, 4) is 23.0 Å². The minimum absolute atomic E-state index is 0.0459. The molecule has 0 saturated heterocycles. The highest BCUT2D eigenvalue weighted by molar-refractivity contribution is 9.10. The molecule has 0 radical (unpaired) electrons. The number of hydrogen-bond acceptors (Lipinski definition) is 9. The highest BCUT2D eigenvalue weighted by Crippen LogP contribution is 2.29. The Morgan fingerprint density at radius 3 is 2.41 bits per heavy atom. The van der Waals surface area contributed by atoms with E-state index in [1.807, 2.05) is 0 Å². The first-order chi connectivity index (χ1) is 17.7. The number of rotatable bonds is 10. The van der Waals surface area contributed by atoms with Gasteiger partial charge in [-0.2, -0.15) is 5.10 Å². The fourth-order valence-electron chi connectivity index (χ4n) is 3.04. The quantitative estimate of drug-likeness (QED) is 0.123. The van der Waals surface area contributed by atoms with Crippen LogP contribution in [0.25, 0.3) is 0 Å². The minimum Gasteiger partial charge on any atom is -0.493 e. The van der Waals surface area contributed by atoms with Crippen LogP contribution in [0.2, 0.25) is 0 Å². The van der Waals surface area contributed by atoms with Crippen LogP contribution in [0.1, 0.15) is 22.8 Å². The van der Waals surface area contributed by atoms with Crippen LogP contribution >= 0.6 is 15.9 Å². The van der Waals surface area contributed by atoms with E-state index in [-0.39, 0.29) is 22.7 Å². The van der Waals surface area contributed by atoms with E-state index in [0.29, 0.717) is 21.5 Å². The third-order valence-electron chi connectivity index (χ3n) is 4.91. The van der Waals surface area contributed by atoms with Crippen molar-refractivity contribution in [1.29, 1.82) is 0 Å². The molecule has 1 amide bonds. The van der Waals surface area contributed by atoms with Crippen molar-refractivity contribution in [2.75, 3.05) is 14.2 Å². The molecule has 0 aliphatic carbocycles. The maximum atomic E-state index is 12.7. The first-order valence-corrected chi connectivity index (χ1v) is 11.5. The molecule has 0 bridgehead atoms. The molecule has 12 heteroatoms. The highest BCUT2D eigenvalue weighted by Gasteiger charge is 2.20. The summed E-state index contributed by atoms with van der Waals surface area (Å²) < 4.78 is 22.0. The van der Waals surface area contributed by atoms with E-state index < -0.39 is 22.9 Å². The Morgan fingerprint density at radius 2 is 1.70 bits per heavy atom.